The summed E-state index contributed by atoms with van der Waals surface area (Å²) in [6.45, 7) is 8.41. The third kappa shape index (κ3) is 3.30. The smallest absolute Gasteiger partial charge is 0.105 e. The Morgan fingerprint density at radius 1 is 0.947 bits per heavy atom. The summed E-state index contributed by atoms with van der Waals surface area (Å²) in [5.74, 6) is 0. The first-order chi connectivity index (χ1) is 8.72. The molecule has 0 spiro atoms. The fraction of sp³-hybridized carbons (Fsp3) is 1.00. The largest absolute Gasteiger partial charge is 0.393 e. The van der Waals surface area contributed by atoms with Crippen molar-refractivity contribution in [1.29, 1.82) is 0 Å². The van der Waals surface area contributed by atoms with Crippen LogP contribution < -0.4 is 0 Å². The van der Waals surface area contributed by atoms with E-state index in [1.54, 1.807) is 0 Å². The van der Waals surface area contributed by atoms with E-state index in [0.717, 1.165) is 25.7 Å². The summed E-state index contributed by atoms with van der Waals surface area (Å²) in [7, 11) is 0. The van der Waals surface area contributed by atoms with E-state index in [9.17, 15) is 10.2 Å². The quantitative estimate of drug-likeness (QED) is 0.809. The zero-order chi connectivity index (χ0) is 14.3. The van der Waals surface area contributed by atoms with Crippen molar-refractivity contribution in [3.63, 3.8) is 0 Å². The molecule has 1 heterocycles. The molecule has 0 aromatic carbocycles. The molecule has 1 saturated heterocycles. The number of hydrogen-bond donors (Lipinski definition) is 2. The Labute approximate surface area is 116 Å². The fourth-order valence-electron chi connectivity index (χ4n) is 3.83. The minimum absolute atomic E-state index is 0.0949. The van der Waals surface area contributed by atoms with E-state index < -0.39 is 0 Å². The van der Waals surface area contributed by atoms with Gasteiger partial charge in [0.2, 0.25) is 0 Å². The van der Waals surface area contributed by atoms with Crippen LogP contribution >= 0.6 is 0 Å². The molecule has 19 heavy (non-hydrogen) atoms. The second-order valence-corrected chi connectivity index (χ2v) is 7.48. The Bertz CT molecular complexity index is 299. The highest BCUT2D eigenvalue weighted by Crippen LogP contribution is 2.40. The maximum absolute atomic E-state index is 10.1. The minimum Gasteiger partial charge on any atom is -0.393 e. The molecule has 0 aromatic rings. The van der Waals surface area contributed by atoms with Gasteiger partial charge in [-0.25, -0.2) is 0 Å². The van der Waals surface area contributed by atoms with Gasteiger partial charge in [-0.15, -0.1) is 0 Å². The van der Waals surface area contributed by atoms with Gasteiger partial charge in [-0.3, -0.25) is 4.84 Å². The van der Waals surface area contributed by atoms with E-state index in [1.807, 2.05) is 5.06 Å². The molecule has 2 N–H and O–H groups in total. The second-order valence-electron chi connectivity index (χ2n) is 7.48. The Kier molecular flexibility index (Phi) is 4.26. The average molecular weight is 271 g/mol. The van der Waals surface area contributed by atoms with E-state index in [1.165, 1.54) is 0 Å². The third-order valence-electron chi connectivity index (χ3n) is 4.48. The van der Waals surface area contributed by atoms with Gasteiger partial charge in [0.1, 0.15) is 6.10 Å². The molecule has 2 rings (SSSR count). The zero-order valence-corrected chi connectivity index (χ0v) is 12.7. The van der Waals surface area contributed by atoms with Crippen LogP contribution in [0.3, 0.4) is 0 Å². The number of rotatable bonds is 2. The lowest BCUT2D eigenvalue weighted by atomic mass is 9.80. The van der Waals surface area contributed by atoms with Crippen molar-refractivity contribution >= 4 is 0 Å². The number of nitrogens with zero attached hydrogens (tertiary/aromatic N) is 1. The molecule has 1 saturated carbocycles. The molecule has 1 aliphatic carbocycles. The summed E-state index contributed by atoms with van der Waals surface area (Å²) >= 11 is 0. The van der Waals surface area contributed by atoms with Crippen molar-refractivity contribution in [3.05, 3.63) is 0 Å². The molecular formula is C15H29NO3. The summed E-state index contributed by atoms with van der Waals surface area (Å²) < 4.78 is 0. The molecule has 2 aliphatic rings. The van der Waals surface area contributed by atoms with Crippen LogP contribution in [0.4, 0.5) is 0 Å². The standard InChI is InChI=1S/C15H29NO3/c1-14(2)9-11(17)10-15(3,4)16(14)19-13-8-6-5-7-12(13)18/h11-13,17-18H,5-10H2,1-4H3. The molecule has 1 aliphatic heterocycles. The van der Waals surface area contributed by atoms with Gasteiger partial charge < -0.3 is 10.2 Å². The van der Waals surface area contributed by atoms with Crippen molar-refractivity contribution in [2.75, 3.05) is 0 Å². The molecular weight excluding hydrogens is 242 g/mol. The Balaban J connectivity index is 2.11. The monoisotopic (exact) mass is 271 g/mol. The van der Waals surface area contributed by atoms with Gasteiger partial charge in [0.15, 0.2) is 0 Å². The summed E-state index contributed by atoms with van der Waals surface area (Å²) in [5, 5.41) is 22.1. The molecule has 0 radical (unpaired) electrons. The van der Waals surface area contributed by atoms with Crippen LogP contribution in [0.15, 0.2) is 0 Å². The van der Waals surface area contributed by atoms with E-state index in [-0.39, 0.29) is 29.4 Å². The predicted molar refractivity (Wildman–Crippen MR) is 74.6 cm³/mol. The van der Waals surface area contributed by atoms with Gasteiger partial charge in [0.05, 0.1) is 12.2 Å². The highest BCUT2D eigenvalue weighted by Gasteiger charge is 2.47. The van der Waals surface area contributed by atoms with Crippen molar-refractivity contribution in [2.45, 2.75) is 95.6 Å². The predicted octanol–water partition coefficient (Wildman–Crippen LogP) is 2.24. The molecule has 2 atom stereocenters. The van der Waals surface area contributed by atoms with Crippen LogP contribution in [0.5, 0.6) is 0 Å². The summed E-state index contributed by atoms with van der Waals surface area (Å²) in [6, 6.07) is 0. The average Bonchev–Trinajstić information content (AvgIpc) is 2.23. The number of hydrogen-bond acceptors (Lipinski definition) is 4. The van der Waals surface area contributed by atoms with E-state index >= 15 is 0 Å². The van der Waals surface area contributed by atoms with Crippen LogP contribution in [-0.4, -0.2) is 44.7 Å². The Morgan fingerprint density at radius 3 is 2.00 bits per heavy atom. The Morgan fingerprint density at radius 2 is 1.47 bits per heavy atom. The topological polar surface area (TPSA) is 52.9 Å². The number of hydroxylamine groups is 2. The van der Waals surface area contributed by atoms with Crippen molar-refractivity contribution in [3.8, 4) is 0 Å². The van der Waals surface area contributed by atoms with E-state index in [0.29, 0.717) is 12.8 Å². The van der Waals surface area contributed by atoms with Crippen molar-refractivity contribution < 1.29 is 15.1 Å². The van der Waals surface area contributed by atoms with Crippen LogP contribution in [0, 0.1) is 0 Å². The van der Waals surface area contributed by atoms with Crippen LogP contribution in [0.1, 0.15) is 66.2 Å². The molecule has 0 bridgehead atoms. The van der Waals surface area contributed by atoms with Gasteiger partial charge in [0.25, 0.3) is 0 Å². The normalized spacial score (nSPS) is 36.3. The van der Waals surface area contributed by atoms with Gasteiger partial charge >= 0.3 is 0 Å². The highest BCUT2D eigenvalue weighted by molar-refractivity contribution is 4.97. The van der Waals surface area contributed by atoms with Crippen molar-refractivity contribution in [2.24, 2.45) is 0 Å². The maximum atomic E-state index is 10.1. The van der Waals surface area contributed by atoms with Gasteiger partial charge in [0, 0.05) is 11.1 Å². The van der Waals surface area contributed by atoms with Crippen LogP contribution in [0.25, 0.3) is 0 Å². The zero-order valence-electron chi connectivity index (χ0n) is 12.7. The number of piperidine rings is 1. The third-order valence-corrected chi connectivity index (χ3v) is 4.48. The highest BCUT2D eigenvalue weighted by atomic mass is 16.7. The lowest BCUT2D eigenvalue weighted by molar-refractivity contribution is -0.328. The summed E-state index contributed by atoms with van der Waals surface area (Å²) in [5.41, 5.74) is -0.420. The summed E-state index contributed by atoms with van der Waals surface area (Å²) in [6.07, 6.45) is 4.66. The lowest BCUT2D eigenvalue weighted by Crippen LogP contribution is -2.63. The molecule has 4 nitrogen and oxygen atoms in total. The molecule has 112 valence electrons. The van der Waals surface area contributed by atoms with Crippen molar-refractivity contribution in [1.82, 2.24) is 5.06 Å². The fourth-order valence-corrected chi connectivity index (χ4v) is 3.83. The first-order valence-electron chi connectivity index (χ1n) is 7.56. The SMILES string of the molecule is CC1(C)CC(O)CC(C)(C)N1OC1CCCCC1O. The number of aliphatic hydroxyl groups is 2. The second kappa shape index (κ2) is 5.32. The number of aliphatic hydroxyl groups excluding tert-OH is 2. The Hall–Kier alpha value is -0.160. The minimum atomic E-state index is -0.354. The first-order valence-corrected chi connectivity index (χ1v) is 7.56. The molecule has 2 fully saturated rings. The van der Waals surface area contributed by atoms with E-state index in [4.69, 9.17) is 4.84 Å². The molecule has 0 aromatic heterocycles. The molecule has 0 amide bonds. The van der Waals surface area contributed by atoms with E-state index in [2.05, 4.69) is 27.7 Å². The maximum Gasteiger partial charge on any atom is 0.105 e. The summed E-state index contributed by atoms with van der Waals surface area (Å²) in [4.78, 5) is 6.20. The van der Waals surface area contributed by atoms with Crippen LogP contribution in [0.2, 0.25) is 0 Å². The first kappa shape index (κ1) is 15.2. The lowest BCUT2D eigenvalue weighted by Gasteiger charge is -2.54. The molecule has 4 heteroatoms. The van der Waals surface area contributed by atoms with Crippen LogP contribution in [-0.2, 0) is 4.84 Å². The molecule has 2 unspecified atom stereocenters. The van der Waals surface area contributed by atoms with Gasteiger partial charge in [-0.2, -0.15) is 5.06 Å². The van der Waals surface area contributed by atoms with Gasteiger partial charge in [-0.05, 0) is 53.4 Å². The van der Waals surface area contributed by atoms with Gasteiger partial charge in [-0.1, -0.05) is 12.8 Å².